The smallest absolute Gasteiger partial charge is 0.0547 e. The molecule has 102 valence electrons. The van der Waals surface area contributed by atoms with Gasteiger partial charge >= 0.3 is 0 Å². The van der Waals surface area contributed by atoms with E-state index in [9.17, 15) is 0 Å². The molecule has 18 heavy (non-hydrogen) atoms. The van der Waals surface area contributed by atoms with Crippen LogP contribution in [0.4, 0.5) is 0 Å². The van der Waals surface area contributed by atoms with Crippen LogP contribution in [0.5, 0.6) is 0 Å². The molecule has 2 atom stereocenters. The molecular formula is C15H24ClNS. The molecular weight excluding hydrogens is 262 g/mol. The van der Waals surface area contributed by atoms with Crippen molar-refractivity contribution in [3.8, 4) is 0 Å². The molecule has 1 saturated carbocycles. The third-order valence-corrected chi connectivity index (χ3v) is 5.46. The summed E-state index contributed by atoms with van der Waals surface area (Å²) in [6.07, 6.45) is 8.04. The first kappa shape index (κ1) is 14.4. The fraction of sp³-hybridized carbons (Fsp3) is 0.733. The summed E-state index contributed by atoms with van der Waals surface area (Å²) in [4.78, 5) is 1.43. The monoisotopic (exact) mass is 285 g/mol. The number of hydrogen-bond donors (Lipinski definition) is 1. The lowest BCUT2D eigenvalue weighted by Crippen LogP contribution is -2.27. The summed E-state index contributed by atoms with van der Waals surface area (Å²) in [5, 5.41) is 6.74. The van der Waals surface area contributed by atoms with Gasteiger partial charge in [0, 0.05) is 4.88 Å². The Bertz CT molecular complexity index is 350. The summed E-state index contributed by atoms with van der Waals surface area (Å²) in [6, 6.07) is 2.06. The zero-order valence-electron chi connectivity index (χ0n) is 11.3. The van der Waals surface area contributed by atoms with Gasteiger partial charge < -0.3 is 5.32 Å². The lowest BCUT2D eigenvalue weighted by atomic mass is 9.86. The molecule has 1 aliphatic carbocycles. The predicted molar refractivity (Wildman–Crippen MR) is 81.8 cm³/mol. The lowest BCUT2D eigenvalue weighted by molar-refractivity contribution is 0.379. The van der Waals surface area contributed by atoms with Gasteiger partial charge in [-0.15, -0.1) is 11.3 Å². The molecule has 0 bridgehead atoms. The Morgan fingerprint density at radius 3 is 2.89 bits per heavy atom. The van der Waals surface area contributed by atoms with Gasteiger partial charge in [0.2, 0.25) is 0 Å². The molecule has 0 saturated heterocycles. The molecule has 1 N–H and O–H groups in total. The molecule has 2 unspecified atom stereocenters. The van der Waals surface area contributed by atoms with Crippen molar-refractivity contribution >= 4 is 22.9 Å². The summed E-state index contributed by atoms with van der Waals surface area (Å²) >= 11 is 8.19. The molecule has 0 spiro atoms. The average molecular weight is 286 g/mol. The molecule has 1 aromatic rings. The van der Waals surface area contributed by atoms with E-state index in [4.69, 9.17) is 11.6 Å². The molecule has 0 aliphatic heterocycles. The normalized spacial score (nSPS) is 25.0. The Morgan fingerprint density at radius 1 is 1.33 bits per heavy atom. The Labute approximate surface area is 120 Å². The molecule has 1 fully saturated rings. The van der Waals surface area contributed by atoms with Crippen molar-refractivity contribution in [2.75, 3.05) is 13.1 Å². The standard InChI is InChI=1S/C15H24ClNS/c1-2-9-17-11-12-6-4-3-5-7-13(12)15-14(16)8-10-18-15/h8,10,12-13,17H,2-7,9,11H2,1H3. The van der Waals surface area contributed by atoms with Crippen molar-refractivity contribution in [1.82, 2.24) is 5.32 Å². The van der Waals surface area contributed by atoms with Crippen molar-refractivity contribution < 1.29 is 0 Å². The first-order valence-corrected chi connectivity index (χ1v) is 8.52. The first-order chi connectivity index (χ1) is 8.83. The van der Waals surface area contributed by atoms with E-state index < -0.39 is 0 Å². The van der Waals surface area contributed by atoms with Gasteiger partial charge in [-0.2, -0.15) is 0 Å². The molecule has 0 aromatic carbocycles. The van der Waals surface area contributed by atoms with Gasteiger partial charge in [-0.1, -0.05) is 37.8 Å². The SMILES string of the molecule is CCCNCC1CCCCCC1c1sccc1Cl. The van der Waals surface area contributed by atoms with Crippen LogP contribution in [0.15, 0.2) is 11.4 Å². The van der Waals surface area contributed by atoms with Crippen molar-refractivity contribution in [3.05, 3.63) is 21.3 Å². The highest BCUT2D eigenvalue weighted by Crippen LogP contribution is 2.41. The van der Waals surface area contributed by atoms with Crippen LogP contribution in [0.3, 0.4) is 0 Å². The van der Waals surface area contributed by atoms with E-state index in [-0.39, 0.29) is 0 Å². The molecule has 3 heteroatoms. The van der Waals surface area contributed by atoms with Gasteiger partial charge in [0.25, 0.3) is 0 Å². The highest BCUT2D eigenvalue weighted by atomic mass is 35.5. The van der Waals surface area contributed by atoms with E-state index in [2.05, 4.69) is 23.7 Å². The van der Waals surface area contributed by atoms with Gasteiger partial charge in [-0.25, -0.2) is 0 Å². The van der Waals surface area contributed by atoms with Crippen molar-refractivity contribution in [1.29, 1.82) is 0 Å². The van der Waals surface area contributed by atoms with Crippen LogP contribution >= 0.6 is 22.9 Å². The second-order valence-electron chi connectivity index (χ2n) is 5.34. The van der Waals surface area contributed by atoms with Crippen LogP contribution in [0.2, 0.25) is 5.02 Å². The van der Waals surface area contributed by atoms with Gasteiger partial charge in [-0.05, 0) is 55.6 Å². The van der Waals surface area contributed by atoms with Crippen LogP contribution in [0.25, 0.3) is 0 Å². The Hall–Kier alpha value is -0.0500. The number of thiophene rings is 1. The summed E-state index contributed by atoms with van der Waals surface area (Å²) in [5.41, 5.74) is 0. The molecule has 2 rings (SSSR count). The van der Waals surface area contributed by atoms with Crippen LogP contribution in [-0.2, 0) is 0 Å². The van der Waals surface area contributed by atoms with Crippen LogP contribution in [0.1, 0.15) is 56.2 Å². The topological polar surface area (TPSA) is 12.0 Å². The number of halogens is 1. The summed E-state index contributed by atoms with van der Waals surface area (Å²) in [5.74, 6) is 1.46. The third-order valence-electron chi connectivity index (χ3n) is 3.97. The largest absolute Gasteiger partial charge is 0.316 e. The Morgan fingerprint density at radius 2 is 2.17 bits per heavy atom. The molecule has 0 amide bonds. The maximum absolute atomic E-state index is 6.34. The van der Waals surface area contributed by atoms with Crippen molar-refractivity contribution in [2.45, 2.75) is 51.4 Å². The van der Waals surface area contributed by atoms with Gasteiger partial charge in [0.15, 0.2) is 0 Å². The highest BCUT2D eigenvalue weighted by Gasteiger charge is 2.27. The second-order valence-corrected chi connectivity index (χ2v) is 6.70. The van der Waals surface area contributed by atoms with Crippen LogP contribution in [0, 0.1) is 5.92 Å². The van der Waals surface area contributed by atoms with E-state index in [0.717, 1.165) is 24.0 Å². The summed E-state index contributed by atoms with van der Waals surface area (Å²) in [7, 11) is 0. The van der Waals surface area contributed by atoms with E-state index in [0.29, 0.717) is 5.92 Å². The molecule has 0 radical (unpaired) electrons. The van der Waals surface area contributed by atoms with Gasteiger partial charge in [0.1, 0.15) is 0 Å². The van der Waals surface area contributed by atoms with Crippen molar-refractivity contribution in [2.24, 2.45) is 5.92 Å². The minimum absolute atomic E-state index is 0.685. The molecule has 1 heterocycles. The molecule has 1 nitrogen and oxygen atoms in total. The highest BCUT2D eigenvalue weighted by molar-refractivity contribution is 7.10. The zero-order chi connectivity index (χ0) is 12.8. The minimum atomic E-state index is 0.685. The summed E-state index contributed by atoms with van der Waals surface area (Å²) < 4.78 is 0. The van der Waals surface area contributed by atoms with Gasteiger partial charge in [-0.3, -0.25) is 0 Å². The average Bonchev–Trinajstić information content (AvgIpc) is 2.65. The Balaban J connectivity index is 2.04. The minimum Gasteiger partial charge on any atom is -0.316 e. The first-order valence-electron chi connectivity index (χ1n) is 7.26. The van der Waals surface area contributed by atoms with E-state index in [1.54, 1.807) is 0 Å². The Kier molecular flexibility index (Phi) is 6.00. The predicted octanol–water partition coefficient (Wildman–Crippen LogP) is 5.07. The maximum atomic E-state index is 6.34. The lowest BCUT2D eigenvalue weighted by Gasteiger charge is -2.25. The fourth-order valence-corrected chi connectivity index (χ4v) is 4.44. The van der Waals surface area contributed by atoms with E-state index >= 15 is 0 Å². The second kappa shape index (κ2) is 7.52. The van der Waals surface area contributed by atoms with E-state index in [1.165, 1.54) is 43.4 Å². The van der Waals surface area contributed by atoms with Crippen molar-refractivity contribution in [3.63, 3.8) is 0 Å². The van der Waals surface area contributed by atoms with E-state index in [1.807, 2.05) is 11.3 Å². The number of hydrogen-bond acceptors (Lipinski definition) is 2. The number of rotatable bonds is 5. The van der Waals surface area contributed by atoms with Gasteiger partial charge in [0.05, 0.1) is 5.02 Å². The summed E-state index contributed by atoms with van der Waals surface area (Å²) in [6.45, 7) is 4.53. The van der Waals surface area contributed by atoms with Crippen LogP contribution < -0.4 is 5.32 Å². The number of nitrogens with one attached hydrogen (secondary N) is 1. The quantitative estimate of drug-likeness (QED) is 0.589. The fourth-order valence-electron chi connectivity index (χ4n) is 3.01. The zero-order valence-corrected chi connectivity index (χ0v) is 12.8. The third kappa shape index (κ3) is 3.72. The maximum Gasteiger partial charge on any atom is 0.0547 e. The molecule has 1 aliphatic rings. The van der Waals surface area contributed by atoms with Crippen LogP contribution in [-0.4, -0.2) is 13.1 Å². The molecule has 1 aromatic heterocycles.